The number of hydrogen-bond donors (Lipinski definition) is 2. The van der Waals surface area contributed by atoms with E-state index < -0.39 is 0 Å². The summed E-state index contributed by atoms with van der Waals surface area (Å²) in [5, 5.41) is 15.0. The molecule has 0 saturated carbocycles. The van der Waals surface area contributed by atoms with Crippen LogP contribution in [0.1, 0.15) is 37.0 Å². The van der Waals surface area contributed by atoms with Gasteiger partial charge in [0.25, 0.3) is 0 Å². The van der Waals surface area contributed by atoms with Crippen molar-refractivity contribution in [2.45, 2.75) is 39.7 Å². The van der Waals surface area contributed by atoms with E-state index in [4.69, 9.17) is 14.2 Å². The maximum atomic E-state index is 5.67. The molecule has 2 aromatic rings. The lowest BCUT2D eigenvalue weighted by molar-refractivity contribution is 0.195. The fourth-order valence-corrected chi connectivity index (χ4v) is 2.98. The topological polar surface area (TPSA) is 94.8 Å². The second-order valence-electron chi connectivity index (χ2n) is 7.11. The molecule has 0 amide bonds. The number of nitrogens with one attached hydrogen (secondary N) is 2. The molecule has 0 atom stereocenters. The minimum absolute atomic E-state index is 0.465. The van der Waals surface area contributed by atoms with Crippen molar-refractivity contribution >= 4 is 5.96 Å². The van der Waals surface area contributed by atoms with Gasteiger partial charge in [0, 0.05) is 33.9 Å². The van der Waals surface area contributed by atoms with Crippen molar-refractivity contribution in [1.29, 1.82) is 0 Å². The largest absolute Gasteiger partial charge is 0.493 e. The Bertz CT molecular complexity index is 822. The lowest BCUT2D eigenvalue weighted by atomic mass is 10.1. The van der Waals surface area contributed by atoms with Gasteiger partial charge in [-0.2, -0.15) is 0 Å². The highest BCUT2D eigenvalue weighted by Gasteiger charge is 2.07. The van der Waals surface area contributed by atoms with Crippen LogP contribution in [-0.2, 0) is 24.8 Å². The average Bonchev–Trinajstić information content (AvgIpc) is 3.10. The van der Waals surface area contributed by atoms with Crippen molar-refractivity contribution in [2.75, 3.05) is 40.5 Å². The van der Waals surface area contributed by atoms with Crippen molar-refractivity contribution in [3.05, 3.63) is 35.4 Å². The number of methoxy groups -OCH3 is 2. The number of aliphatic imine (C=N–C) groups is 1. The molecule has 1 aromatic carbocycles. The molecule has 1 heterocycles. The molecule has 0 unspecified atom stereocenters. The molecule has 0 aliphatic carbocycles. The molecule has 0 radical (unpaired) electrons. The van der Waals surface area contributed by atoms with Gasteiger partial charge < -0.3 is 29.4 Å². The smallest absolute Gasteiger partial charge is 0.191 e. The normalized spacial score (nSPS) is 11.5. The third-order valence-electron chi connectivity index (χ3n) is 4.84. The number of guanidine groups is 1. The molecule has 0 bridgehead atoms. The molecular weight excluding hydrogens is 396 g/mol. The summed E-state index contributed by atoms with van der Waals surface area (Å²) in [6.45, 7) is 7.27. The van der Waals surface area contributed by atoms with E-state index in [1.54, 1.807) is 14.2 Å². The van der Waals surface area contributed by atoms with Gasteiger partial charge in [-0.25, -0.2) is 4.99 Å². The maximum Gasteiger partial charge on any atom is 0.191 e. The van der Waals surface area contributed by atoms with Gasteiger partial charge in [0.05, 0.1) is 13.7 Å². The van der Waals surface area contributed by atoms with Crippen molar-refractivity contribution in [3.8, 4) is 11.5 Å². The molecule has 0 saturated heterocycles. The Kier molecular flexibility index (Phi) is 10.6. The van der Waals surface area contributed by atoms with E-state index in [-0.39, 0.29) is 0 Å². The zero-order valence-corrected chi connectivity index (χ0v) is 19.4. The predicted octanol–water partition coefficient (Wildman–Crippen LogP) is 2.24. The Morgan fingerprint density at radius 1 is 1.10 bits per heavy atom. The monoisotopic (exact) mass is 432 g/mol. The molecule has 0 aliphatic rings. The summed E-state index contributed by atoms with van der Waals surface area (Å²) in [6.07, 6.45) is 2.79. The number of hydrogen-bond acceptors (Lipinski definition) is 6. The molecule has 31 heavy (non-hydrogen) atoms. The Hall–Kier alpha value is -2.81. The number of benzene rings is 1. The van der Waals surface area contributed by atoms with Crippen LogP contribution < -0.4 is 20.1 Å². The Labute approximate surface area is 185 Å². The Balaban J connectivity index is 1.89. The van der Waals surface area contributed by atoms with Crippen LogP contribution in [0.4, 0.5) is 0 Å². The van der Waals surface area contributed by atoms with Gasteiger partial charge in [-0.1, -0.05) is 6.07 Å². The third-order valence-corrected chi connectivity index (χ3v) is 4.84. The summed E-state index contributed by atoms with van der Waals surface area (Å²) in [6, 6.07) is 6.09. The second-order valence-corrected chi connectivity index (χ2v) is 7.11. The lowest BCUT2D eigenvalue weighted by Crippen LogP contribution is -2.38. The fraction of sp³-hybridized carbons (Fsp3) is 0.591. The molecule has 2 N–H and O–H groups in total. The zero-order valence-electron chi connectivity index (χ0n) is 19.4. The molecule has 2 rings (SSSR count). The third kappa shape index (κ3) is 8.09. The van der Waals surface area contributed by atoms with Crippen molar-refractivity contribution in [2.24, 2.45) is 12.0 Å². The first-order chi connectivity index (χ1) is 15.1. The summed E-state index contributed by atoms with van der Waals surface area (Å²) < 4.78 is 18.1. The highest BCUT2D eigenvalue weighted by Crippen LogP contribution is 2.28. The fourth-order valence-electron chi connectivity index (χ4n) is 2.98. The van der Waals surface area contributed by atoms with Gasteiger partial charge in [0.1, 0.15) is 12.4 Å². The molecule has 9 nitrogen and oxygen atoms in total. The van der Waals surface area contributed by atoms with E-state index in [0.29, 0.717) is 19.8 Å². The lowest BCUT2D eigenvalue weighted by Gasteiger charge is -2.13. The summed E-state index contributed by atoms with van der Waals surface area (Å²) in [5.74, 6) is 4.02. The summed E-state index contributed by atoms with van der Waals surface area (Å²) >= 11 is 0. The summed E-state index contributed by atoms with van der Waals surface area (Å²) in [4.78, 5) is 4.67. The zero-order chi connectivity index (χ0) is 22.5. The number of nitrogens with zero attached hydrogens (tertiary/aromatic N) is 4. The van der Waals surface area contributed by atoms with E-state index in [2.05, 4.69) is 38.0 Å². The first-order valence-electron chi connectivity index (χ1n) is 10.7. The van der Waals surface area contributed by atoms with Gasteiger partial charge in [-0.05, 0) is 50.8 Å². The number of rotatable bonds is 13. The van der Waals surface area contributed by atoms with Crippen molar-refractivity contribution < 1.29 is 14.2 Å². The molecule has 0 spiro atoms. The first-order valence-corrected chi connectivity index (χ1v) is 10.7. The standard InChI is InChI=1S/C22H36N6O3/c1-6-31-20-15-18(10-11-19(20)30-5)9-7-12-23-22(24-13-8-14-29-4)25-16-21-27-26-17(2)28(21)3/h10-11,15H,6-9,12-14,16H2,1-5H3,(H2,23,24,25). The van der Waals surface area contributed by atoms with Crippen LogP contribution in [0.5, 0.6) is 11.5 Å². The molecule has 0 aliphatic heterocycles. The Morgan fingerprint density at radius 2 is 1.87 bits per heavy atom. The van der Waals surface area contributed by atoms with Crippen LogP contribution in [-0.4, -0.2) is 61.2 Å². The highest BCUT2D eigenvalue weighted by molar-refractivity contribution is 5.79. The first kappa shape index (κ1) is 24.5. The summed E-state index contributed by atoms with van der Waals surface area (Å²) in [5.41, 5.74) is 1.21. The quantitative estimate of drug-likeness (QED) is 0.285. The molecule has 0 fully saturated rings. The minimum Gasteiger partial charge on any atom is -0.493 e. The van der Waals surface area contributed by atoms with Gasteiger partial charge >= 0.3 is 0 Å². The van der Waals surface area contributed by atoms with E-state index in [0.717, 1.165) is 61.5 Å². The van der Waals surface area contributed by atoms with Crippen LogP contribution in [0.2, 0.25) is 0 Å². The molecule has 172 valence electrons. The predicted molar refractivity (Wildman–Crippen MR) is 122 cm³/mol. The van der Waals surface area contributed by atoms with Crippen LogP contribution >= 0.6 is 0 Å². The molecule has 9 heteroatoms. The number of aromatic nitrogens is 3. The van der Waals surface area contributed by atoms with E-state index >= 15 is 0 Å². The Morgan fingerprint density at radius 3 is 2.52 bits per heavy atom. The van der Waals surface area contributed by atoms with Gasteiger partial charge in [-0.15, -0.1) is 10.2 Å². The van der Waals surface area contributed by atoms with E-state index in [1.807, 2.05) is 31.5 Å². The van der Waals surface area contributed by atoms with Crippen LogP contribution in [0.15, 0.2) is 23.2 Å². The van der Waals surface area contributed by atoms with E-state index in [9.17, 15) is 0 Å². The van der Waals surface area contributed by atoms with Crippen molar-refractivity contribution in [1.82, 2.24) is 25.4 Å². The SMILES string of the molecule is CCOc1cc(CCCNC(=NCc2nnc(C)n2C)NCCCOC)ccc1OC. The van der Waals surface area contributed by atoms with Crippen LogP contribution in [0, 0.1) is 6.92 Å². The number of ether oxygens (including phenoxy) is 3. The minimum atomic E-state index is 0.465. The van der Waals surface area contributed by atoms with Crippen LogP contribution in [0.3, 0.4) is 0 Å². The maximum absolute atomic E-state index is 5.67. The highest BCUT2D eigenvalue weighted by atomic mass is 16.5. The van der Waals surface area contributed by atoms with Crippen LogP contribution in [0.25, 0.3) is 0 Å². The van der Waals surface area contributed by atoms with Gasteiger partial charge in [0.2, 0.25) is 0 Å². The molecular formula is C22H36N6O3. The van der Waals surface area contributed by atoms with Crippen molar-refractivity contribution in [3.63, 3.8) is 0 Å². The average molecular weight is 433 g/mol. The summed E-state index contributed by atoms with van der Waals surface area (Å²) in [7, 11) is 5.31. The number of aryl methyl sites for hydroxylation is 2. The second kappa shape index (κ2) is 13.5. The molecule has 1 aromatic heterocycles. The van der Waals surface area contributed by atoms with Gasteiger partial charge in [0.15, 0.2) is 23.3 Å². The van der Waals surface area contributed by atoms with Gasteiger partial charge in [-0.3, -0.25) is 0 Å². The van der Waals surface area contributed by atoms with E-state index in [1.165, 1.54) is 5.56 Å².